The summed E-state index contributed by atoms with van der Waals surface area (Å²) in [5, 5.41) is 17.0. The molecule has 2 aliphatic rings. The molecule has 3 amide bonds. The van der Waals surface area contributed by atoms with E-state index >= 15 is 0 Å². The maximum absolute atomic E-state index is 13.5. The first-order chi connectivity index (χ1) is 23.8. The van der Waals surface area contributed by atoms with Gasteiger partial charge in [-0.2, -0.15) is 0 Å². The third kappa shape index (κ3) is 5.87. The lowest BCUT2D eigenvalue weighted by atomic mass is 9.71. The summed E-state index contributed by atoms with van der Waals surface area (Å²) >= 11 is 0. The van der Waals surface area contributed by atoms with Crippen LogP contribution in [0.3, 0.4) is 0 Å². The van der Waals surface area contributed by atoms with Gasteiger partial charge in [-0.3, -0.25) is 19.3 Å². The van der Waals surface area contributed by atoms with Crippen LogP contribution in [0, 0.1) is 5.41 Å². The van der Waals surface area contributed by atoms with Crippen LogP contribution in [-0.4, -0.2) is 70.7 Å². The van der Waals surface area contributed by atoms with Crippen molar-refractivity contribution < 1.29 is 37.8 Å². The largest absolute Gasteiger partial charge is 0.497 e. The van der Waals surface area contributed by atoms with E-state index in [1.165, 1.54) is 12.0 Å². The second-order valence-electron chi connectivity index (χ2n) is 13.4. The molecule has 0 saturated carbocycles. The zero-order valence-electron chi connectivity index (χ0n) is 28.5. The molecule has 15 heteroatoms. The first-order valence-corrected chi connectivity index (χ1v) is 16.2. The fourth-order valence-corrected chi connectivity index (χ4v) is 7.01. The van der Waals surface area contributed by atoms with Crippen molar-refractivity contribution in [1.82, 2.24) is 20.2 Å². The second kappa shape index (κ2) is 13.0. The summed E-state index contributed by atoms with van der Waals surface area (Å²) in [5.74, 6) is 0.317. The Morgan fingerprint density at radius 2 is 1.70 bits per heavy atom. The molecular formula is C35H40N6O9. The second-order valence-corrected chi connectivity index (χ2v) is 13.4. The summed E-state index contributed by atoms with van der Waals surface area (Å²) in [5.41, 5.74) is 5.16. The normalized spacial score (nSPS) is 19.1. The van der Waals surface area contributed by atoms with Gasteiger partial charge in [0.05, 0.1) is 25.6 Å². The number of ether oxygens (including phenoxy) is 2. The van der Waals surface area contributed by atoms with Crippen molar-refractivity contribution in [2.45, 2.75) is 58.0 Å². The quantitative estimate of drug-likeness (QED) is 0.157. The topological polar surface area (TPSA) is 215 Å². The number of carbonyl (C=O) groups excluding carboxylic acids is 2. The monoisotopic (exact) mass is 688 g/mol. The van der Waals surface area contributed by atoms with Crippen LogP contribution in [0.25, 0.3) is 33.0 Å². The predicted molar refractivity (Wildman–Crippen MR) is 185 cm³/mol. The van der Waals surface area contributed by atoms with Crippen LogP contribution in [0.5, 0.6) is 11.5 Å². The number of furan rings is 2. The minimum atomic E-state index is -1.31. The van der Waals surface area contributed by atoms with E-state index in [1.54, 1.807) is 37.4 Å². The van der Waals surface area contributed by atoms with Gasteiger partial charge >= 0.3 is 6.09 Å². The number of carbonyl (C=O) groups is 3. The standard InChI is InChI=1S/C20H25N3O6.C15H15N3O3/c1-19(2,3)20(8-5-9-23(20)18(26)27)17(25)22-14-12-10-11(28-4)6-7-13(12)29-15(14)16(21)24;1-20-8-4-5-11-9(7-8)12-13(21-11)15(19)18-14(17-12)10-3-2-6-16-10/h6-7,10H,5,8-9H2,1-4H3,(H2,21,24)(H,22,25)(H,26,27);4-5,7,10,16H,2-3,6H2,1H3,(H,17,18,19)/t20-;10-/m01/s1. The Bertz CT molecular complexity index is 2170. The number of nitrogens with zero attached hydrogens (tertiary/aromatic N) is 2. The number of likely N-dealkylation sites (tertiary alicyclic amines) is 1. The first kappa shape index (κ1) is 34.3. The van der Waals surface area contributed by atoms with Crippen LogP contribution in [0.15, 0.2) is 50.0 Å². The van der Waals surface area contributed by atoms with Crippen molar-refractivity contribution in [2.24, 2.45) is 11.1 Å². The number of hydrogen-bond acceptors (Lipinski definition) is 10. The molecule has 0 radical (unpaired) electrons. The average molecular weight is 689 g/mol. The van der Waals surface area contributed by atoms with E-state index in [9.17, 15) is 24.3 Å². The predicted octanol–water partition coefficient (Wildman–Crippen LogP) is 5.14. The summed E-state index contributed by atoms with van der Waals surface area (Å²) in [6.45, 7) is 6.66. The molecule has 0 spiro atoms. The molecule has 0 aliphatic carbocycles. The van der Waals surface area contributed by atoms with Crippen molar-refractivity contribution in [1.29, 1.82) is 0 Å². The van der Waals surface area contributed by atoms with Crippen LogP contribution in [0.1, 0.15) is 68.9 Å². The summed E-state index contributed by atoms with van der Waals surface area (Å²) in [6.07, 6.45) is 1.82. The van der Waals surface area contributed by atoms with E-state index < -0.39 is 28.9 Å². The van der Waals surface area contributed by atoms with Gasteiger partial charge in [0, 0.05) is 11.9 Å². The fourth-order valence-electron chi connectivity index (χ4n) is 7.01. The van der Waals surface area contributed by atoms with E-state index in [2.05, 4.69) is 20.6 Å². The number of aromatic amines is 1. The number of rotatable bonds is 6. The van der Waals surface area contributed by atoms with Crippen LogP contribution in [0.4, 0.5) is 10.5 Å². The highest BCUT2D eigenvalue weighted by molar-refractivity contribution is 6.13. The number of amides is 3. The molecule has 0 unspecified atom stereocenters. The number of nitrogens with two attached hydrogens (primary N) is 1. The number of anilines is 1. The van der Waals surface area contributed by atoms with Gasteiger partial charge in [0.2, 0.25) is 11.3 Å². The molecule has 2 saturated heterocycles. The van der Waals surface area contributed by atoms with Crippen LogP contribution in [0.2, 0.25) is 0 Å². The number of benzene rings is 2. The van der Waals surface area contributed by atoms with Gasteiger partial charge in [0.1, 0.15) is 45.2 Å². The average Bonchev–Trinajstić information content (AvgIpc) is 3.89. The SMILES string of the molecule is COc1ccc2oc(C(N)=O)c(NC(=O)[C@]3(C(C)(C)C)CCCN3C(=O)O)c2c1.COc1ccc2oc3c(=O)[nH]c([C@H]4CCCN4)nc3c2c1. The minimum Gasteiger partial charge on any atom is -0.497 e. The maximum Gasteiger partial charge on any atom is 0.408 e. The fraction of sp³-hybridized carbons (Fsp3) is 0.400. The zero-order chi connectivity index (χ0) is 36.0. The van der Waals surface area contributed by atoms with Crippen molar-refractivity contribution in [3.8, 4) is 11.5 Å². The summed E-state index contributed by atoms with van der Waals surface area (Å²) in [4.78, 5) is 58.2. The molecule has 2 fully saturated rings. The molecular weight excluding hydrogens is 648 g/mol. The molecule has 2 aromatic carbocycles. The van der Waals surface area contributed by atoms with Crippen molar-refractivity contribution in [3.63, 3.8) is 0 Å². The number of methoxy groups -OCH3 is 2. The number of primary amides is 1. The van der Waals surface area contributed by atoms with Gasteiger partial charge in [-0.05, 0) is 74.0 Å². The number of fused-ring (bicyclic) bond motifs is 4. The molecule has 5 aromatic rings. The number of carboxylic acid groups (broad SMARTS) is 1. The Morgan fingerprint density at radius 3 is 2.28 bits per heavy atom. The van der Waals surface area contributed by atoms with E-state index in [0.29, 0.717) is 52.2 Å². The lowest BCUT2D eigenvalue weighted by molar-refractivity contribution is -0.131. The number of aromatic nitrogens is 2. The van der Waals surface area contributed by atoms with Gasteiger partial charge in [0.25, 0.3) is 17.4 Å². The number of hydrogen-bond donors (Lipinski definition) is 5. The Balaban J connectivity index is 0.000000181. The molecule has 7 rings (SSSR count). The zero-order valence-corrected chi connectivity index (χ0v) is 28.5. The van der Waals surface area contributed by atoms with Crippen molar-refractivity contribution in [3.05, 3.63) is 58.3 Å². The molecule has 6 N–H and O–H groups in total. The Morgan fingerprint density at radius 1 is 1.04 bits per heavy atom. The van der Waals surface area contributed by atoms with E-state index in [1.807, 2.05) is 26.8 Å². The van der Waals surface area contributed by atoms with Gasteiger partial charge in [-0.15, -0.1) is 0 Å². The van der Waals surface area contributed by atoms with Gasteiger partial charge in [-0.25, -0.2) is 9.78 Å². The Hall–Kier alpha value is -5.57. The van der Waals surface area contributed by atoms with E-state index in [4.69, 9.17) is 24.0 Å². The van der Waals surface area contributed by atoms with Crippen LogP contribution in [-0.2, 0) is 4.79 Å². The molecule has 2 aliphatic heterocycles. The molecule has 264 valence electrons. The summed E-state index contributed by atoms with van der Waals surface area (Å²) in [6, 6.07) is 10.4. The summed E-state index contributed by atoms with van der Waals surface area (Å²) < 4.78 is 21.6. The highest BCUT2D eigenvalue weighted by Crippen LogP contribution is 2.45. The molecule has 3 aromatic heterocycles. The van der Waals surface area contributed by atoms with Crippen molar-refractivity contribution in [2.75, 3.05) is 32.6 Å². The molecule has 50 heavy (non-hydrogen) atoms. The van der Waals surface area contributed by atoms with E-state index in [-0.39, 0.29) is 35.2 Å². The minimum absolute atomic E-state index is 0.109. The van der Waals surface area contributed by atoms with Gasteiger partial charge in [0.15, 0.2) is 0 Å². The molecule has 5 heterocycles. The lowest BCUT2D eigenvalue weighted by Crippen LogP contribution is -2.62. The third-order valence-electron chi connectivity index (χ3n) is 9.53. The maximum atomic E-state index is 13.5. The summed E-state index contributed by atoms with van der Waals surface area (Å²) in [7, 11) is 3.10. The number of nitrogens with one attached hydrogen (secondary N) is 3. The number of H-pyrrole nitrogens is 1. The lowest BCUT2D eigenvalue weighted by Gasteiger charge is -2.45. The Kier molecular flexibility index (Phi) is 8.95. The molecule has 2 atom stereocenters. The van der Waals surface area contributed by atoms with Crippen molar-refractivity contribution >= 4 is 56.6 Å². The van der Waals surface area contributed by atoms with Crippen LogP contribution >= 0.6 is 0 Å². The highest BCUT2D eigenvalue weighted by Gasteiger charge is 2.57. The van der Waals surface area contributed by atoms with Gasteiger partial charge < -0.3 is 44.8 Å². The molecule has 0 bridgehead atoms. The smallest absolute Gasteiger partial charge is 0.408 e. The first-order valence-electron chi connectivity index (χ1n) is 16.2. The third-order valence-corrected chi connectivity index (χ3v) is 9.53. The Labute approximate surface area is 286 Å². The van der Waals surface area contributed by atoms with Crippen LogP contribution < -0.4 is 31.4 Å². The van der Waals surface area contributed by atoms with E-state index in [0.717, 1.165) is 24.8 Å². The van der Waals surface area contributed by atoms with Gasteiger partial charge in [-0.1, -0.05) is 20.8 Å². The molecule has 15 nitrogen and oxygen atoms in total. The highest BCUT2D eigenvalue weighted by atomic mass is 16.5.